The van der Waals surface area contributed by atoms with Crippen molar-refractivity contribution in [2.75, 3.05) is 0 Å². The minimum atomic E-state index is 0.960. The Morgan fingerprint density at radius 2 is 1.54 bits per heavy atom. The first-order valence-corrected chi connectivity index (χ1v) is 8.78. The average Bonchev–Trinajstić information content (AvgIpc) is 2.63. The Bertz CT molecular complexity index is 836. The molecular weight excluding hydrogens is 310 g/mol. The molecule has 0 aromatic heterocycles. The Balaban J connectivity index is 1.85. The van der Waals surface area contributed by atoms with Gasteiger partial charge in [-0.1, -0.05) is 78.0 Å². The molecule has 0 heterocycles. The number of rotatable bonds is 5. The summed E-state index contributed by atoms with van der Waals surface area (Å²) in [5.41, 5.74) is 4.31. The van der Waals surface area contributed by atoms with E-state index in [1.54, 1.807) is 11.8 Å². The fraction of sp³-hybridized carbons (Fsp3) is 0.0455. The van der Waals surface area contributed by atoms with Crippen molar-refractivity contribution in [1.82, 2.24) is 0 Å². The van der Waals surface area contributed by atoms with E-state index in [0.29, 0.717) is 0 Å². The van der Waals surface area contributed by atoms with Gasteiger partial charge in [0.25, 0.3) is 0 Å². The van der Waals surface area contributed by atoms with E-state index < -0.39 is 0 Å². The fourth-order valence-electron chi connectivity index (χ4n) is 2.31. The molecule has 0 unspecified atom stereocenters. The highest BCUT2D eigenvalue weighted by atomic mass is 32.2. The summed E-state index contributed by atoms with van der Waals surface area (Å²) in [5.74, 6) is 0. The van der Waals surface area contributed by atoms with Gasteiger partial charge in [-0.05, 0) is 42.7 Å². The Morgan fingerprint density at radius 1 is 0.833 bits per heavy atom. The van der Waals surface area contributed by atoms with Crippen LogP contribution in [-0.4, -0.2) is 5.71 Å². The third kappa shape index (κ3) is 4.71. The summed E-state index contributed by atoms with van der Waals surface area (Å²) in [4.78, 5) is 6.03. The molecule has 0 aliphatic heterocycles. The van der Waals surface area contributed by atoms with E-state index in [-0.39, 0.29) is 0 Å². The number of hydrogen-bond acceptors (Lipinski definition) is 2. The van der Waals surface area contributed by atoms with Gasteiger partial charge in [-0.3, -0.25) is 0 Å². The van der Waals surface area contributed by atoms with Gasteiger partial charge in [0.05, 0.1) is 11.4 Å². The van der Waals surface area contributed by atoms with Gasteiger partial charge in [-0.25, -0.2) is 4.99 Å². The highest BCUT2D eigenvalue weighted by Crippen LogP contribution is 2.21. The lowest BCUT2D eigenvalue weighted by molar-refractivity contribution is 1.37. The van der Waals surface area contributed by atoms with Crippen LogP contribution >= 0.6 is 11.8 Å². The molecule has 0 amide bonds. The maximum atomic E-state index is 4.79. The van der Waals surface area contributed by atoms with Crippen molar-refractivity contribution in [2.45, 2.75) is 11.8 Å². The molecule has 0 fully saturated rings. The second-order valence-corrected chi connectivity index (χ2v) is 6.41. The zero-order valence-corrected chi connectivity index (χ0v) is 14.4. The Hall–Kier alpha value is -2.58. The van der Waals surface area contributed by atoms with Gasteiger partial charge >= 0.3 is 0 Å². The molecule has 2 heteroatoms. The van der Waals surface area contributed by atoms with Gasteiger partial charge in [0.1, 0.15) is 0 Å². The van der Waals surface area contributed by atoms with Crippen molar-refractivity contribution in [3.8, 4) is 0 Å². The Kier molecular flexibility index (Phi) is 5.65. The van der Waals surface area contributed by atoms with E-state index in [2.05, 4.69) is 54.8 Å². The van der Waals surface area contributed by atoms with E-state index in [1.165, 1.54) is 10.5 Å². The van der Waals surface area contributed by atoms with Crippen molar-refractivity contribution in [1.29, 1.82) is 0 Å². The van der Waals surface area contributed by atoms with Crippen molar-refractivity contribution >= 4 is 23.2 Å². The van der Waals surface area contributed by atoms with Gasteiger partial charge in [0.15, 0.2) is 0 Å². The lowest BCUT2D eigenvalue weighted by Gasteiger charge is -2.03. The van der Waals surface area contributed by atoms with Gasteiger partial charge in [-0.15, -0.1) is 0 Å². The summed E-state index contributed by atoms with van der Waals surface area (Å²) in [6.07, 6.45) is 2.08. The smallest absolute Gasteiger partial charge is 0.0714 e. The number of nitrogens with zero attached hydrogens (tertiary/aromatic N) is 1. The number of aliphatic imine (C=N–C) groups is 1. The molecule has 0 atom stereocenters. The SMILES string of the molecule is Cc1cccc(SC=CC(=Nc2ccccc2)c2ccccc2)c1. The van der Waals surface area contributed by atoms with E-state index in [1.807, 2.05) is 48.5 Å². The lowest BCUT2D eigenvalue weighted by atomic mass is 10.1. The Labute approximate surface area is 147 Å². The minimum Gasteiger partial charge on any atom is -0.248 e. The first-order valence-electron chi connectivity index (χ1n) is 7.90. The standard InChI is InChI=1S/C22H19NS/c1-18-9-8-14-21(17-18)24-16-15-22(19-10-4-2-5-11-19)23-20-12-6-3-7-13-20/h2-17H,1H3. The van der Waals surface area contributed by atoms with Crippen LogP contribution in [0.2, 0.25) is 0 Å². The summed E-state index contributed by atoms with van der Waals surface area (Å²) in [7, 11) is 0. The molecule has 0 radical (unpaired) electrons. The van der Waals surface area contributed by atoms with E-state index in [9.17, 15) is 0 Å². The number of aryl methyl sites for hydroxylation is 1. The van der Waals surface area contributed by atoms with E-state index in [4.69, 9.17) is 4.99 Å². The number of benzene rings is 3. The molecule has 0 aliphatic rings. The number of allylic oxidation sites excluding steroid dienone is 1. The quantitative estimate of drug-likeness (QED) is 0.388. The van der Waals surface area contributed by atoms with Crippen LogP contribution in [0.1, 0.15) is 11.1 Å². The lowest BCUT2D eigenvalue weighted by Crippen LogP contribution is -1.95. The predicted molar refractivity (Wildman–Crippen MR) is 105 cm³/mol. The second-order valence-electron chi connectivity index (χ2n) is 5.44. The summed E-state index contributed by atoms with van der Waals surface area (Å²) >= 11 is 1.71. The van der Waals surface area contributed by atoms with Crippen molar-refractivity contribution < 1.29 is 0 Å². The van der Waals surface area contributed by atoms with Gasteiger partial charge in [-0.2, -0.15) is 0 Å². The molecule has 0 aliphatic carbocycles. The summed E-state index contributed by atoms with van der Waals surface area (Å²) < 4.78 is 0. The van der Waals surface area contributed by atoms with Crippen LogP contribution in [-0.2, 0) is 0 Å². The van der Waals surface area contributed by atoms with Crippen LogP contribution in [0.5, 0.6) is 0 Å². The second kappa shape index (κ2) is 8.32. The highest BCUT2D eigenvalue weighted by Gasteiger charge is 2.00. The van der Waals surface area contributed by atoms with E-state index >= 15 is 0 Å². The Morgan fingerprint density at radius 3 is 2.25 bits per heavy atom. The zero-order valence-electron chi connectivity index (χ0n) is 13.6. The maximum Gasteiger partial charge on any atom is 0.0714 e. The number of hydrogen-bond donors (Lipinski definition) is 0. The van der Waals surface area contributed by atoms with Crippen LogP contribution in [0, 0.1) is 6.92 Å². The average molecular weight is 329 g/mol. The molecule has 0 bridgehead atoms. The molecule has 3 aromatic carbocycles. The van der Waals surface area contributed by atoms with Crippen LogP contribution in [0.25, 0.3) is 0 Å². The van der Waals surface area contributed by atoms with E-state index in [0.717, 1.165) is 17.0 Å². The molecule has 1 nitrogen and oxygen atoms in total. The highest BCUT2D eigenvalue weighted by molar-refractivity contribution is 8.02. The molecule has 0 N–H and O–H groups in total. The van der Waals surface area contributed by atoms with Crippen LogP contribution < -0.4 is 0 Å². The molecule has 0 spiro atoms. The molecule has 24 heavy (non-hydrogen) atoms. The normalized spacial score (nSPS) is 11.8. The fourth-order valence-corrected chi connectivity index (χ4v) is 3.08. The predicted octanol–water partition coefficient (Wildman–Crippen LogP) is 6.42. The van der Waals surface area contributed by atoms with Crippen LogP contribution in [0.4, 0.5) is 5.69 Å². The molecular formula is C22H19NS. The van der Waals surface area contributed by atoms with Crippen LogP contribution in [0.15, 0.2) is 106 Å². The third-order valence-corrected chi connectivity index (χ3v) is 4.29. The molecule has 0 saturated heterocycles. The summed E-state index contributed by atoms with van der Waals surface area (Å²) in [6.45, 7) is 2.11. The van der Waals surface area contributed by atoms with Crippen molar-refractivity contribution in [3.63, 3.8) is 0 Å². The topological polar surface area (TPSA) is 12.4 Å². The molecule has 3 rings (SSSR count). The first-order chi connectivity index (χ1) is 11.8. The maximum absolute atomic E-state index is 4.79. The summed E-state index contributed by atoms with van der Waals surface area (Å²) in [5, 5.41) is 2.10. The van der Waals surface area contributed by atoms with Crippen molar-refractivity contribution in [3.05, 3.63) is 108 Å². The van der Waals surface area contributed by atoms with Gasteiger partial charge in [0.2, 0.25) is 0 Å². The van der Waals surface area contributed by atoms with Gasteiger partial charge < -0.3 is 0 Å². The van der Waals surface area contributed by atoms with Gasteiger partial charge in [0, 0.05) is 10.5 Å². The number of para-hydroxylation sites is 1. The molecule has 3 aromatic rings. The zero-order chi connectivity index (χ0) is 16.6. The third-order valence-electron chi connectivity index (χ3n) is 3.49. The summed E-state index contributed by atoms with van der Waals surface area (Å²) in [6, 6.07) is 28.8. The molecule has 118 valence electrons. The minimum absolute atomic E-state index is 0.960. The van der Waals surface area contributed by atoms with Crippen LogP contribution in [0.3, 0.4) is 0 Å². The van der Waals surface area contributed by atoms with Crippen molar-refractivity contribution in [2.24, 2.45) is 4.99 Å². The number of thioether (sulfide) groups is 1. The largest absolute Gasteiger partial charge is 0.248 e. The molecule has 0 saturated carbocycles. The monoisotopic (exact) mass is 329 g/mol. The first kappa shape index (κ1) is 16.3.